The van der Waals surface area contributed by atoms with Crippen molar-refractivity contribution in [2.24, 2.45) is 5.41 Å². The van der Waals surface area contributed by atoms with Crippen LogP contribution in [0.1, 0.15) is 91.0 Å². The van der Waals surface area contributed by atoms with Crippen LogP contribution >= 0.6 is 0 Å². The number of ether oxygens (including phenoxy) is 2. The molecule has 6 heteroatoms. The van der Waals surface area contributed by atoms with Gasteiger partial charge in [-0.05, 0) is 18.4 Å². The van der Waals surface area contributed by atoms with Gasteiger partial charge in [0.2, 0.25) is 0 Å². The van der Waals surface area contributed by atoms with E-state index in [1.807, 2.05) is 23.1 Å². The highest BCUT2D eigenvalue weighted by Gasteiger charge is 2.61. The van der Waals surface area contributed by atoms with Gasteiger partial charge in [-0.3, -0.25) is 9.69 Å². The Balaban J connectivity index is 1.57. The molecule has 0 bridgehead atoms. The number of esters is 2. The normalized spacial score (nSPS) is 23.5. The van der Waals surface area contributed by atoms with E-state index < -0.39 is 11.8 Å². The molecule has 2 heterocycles. The Hall–Kier alpha value is -1.92. The Kier molecular flexibility index (Phi) is 9.55. The molecule has 1 aromatic rings. The maximum Gasteiger partial charge on any atom is 0.329 e. The Labute approximate surface area is 206 Å². The van der Waals surface area contributed by atoms with E-state index in [-0.39, 0.29) is 24.1 Å². The van der Waals surface area contributed by atoms with Crippen molar-refractivity contribution in [3.8, 4) is 0 Å². The van der Waals surface area contributed by atoms with Gasteiger partial charge in [-0.1, -0.05) is 96.6 Å². The second kappa shape index (κ2) is 12.2. The maximum atomic E-state index is 13.2. The molecule has 0 amide bonds. The van der Waals surface area contributed by atoms with Gasteiger partial charge in [-0.25, -0.2) is 9.69 Å². The van der Waals surface area contributed by atoms with Gasteiger partial charge in [0, 0.05) is 31.5 Å². The maximum absolute atomic E-state index is 13.2. The molecule has 0 N–H and O–H groups in total. The van der Waals surface area contributed by atoms with Crippen molar-refractivity contribution < 1.29 is 19.1 Å². The number of rotatable bonds is 12. The fourth-order valence-corrected chi connectivity index (χ4v) is 5.14. The molecule has 0 aliphatic carbocycles. The predicted octanol–water partition coefficient (Wildman–Crippen LogP) is 5.50. The third-order valence-electron chi connectivity index (χ3n) is 7.10. The lowest BCUT2D eigenvalue weighted by Gasteiger charge is -2.37. The van der Waals surface area contributed by atoms with Gasteiger partial charge < -0.3 is 9.47 Å². The Morgan fingerprint density at radius 3 is 2.44 bits per heavy atom. The van der Waals surface area contributed by atoms with Crippen LogP contribution in [-0.4, -0.2) is 53.3 Å². The molecule has 2 aliphatic rings. The summed E-state index contributed by atoms with van der Waals surface area (Å²) in [6.07, 6.45) is 8.86. The van der Waals surface area contributed by atoms with Crippen LogP contribution in [-0.2, 0) is 25.6 Å². The van der Waals surface area contributed by atoms with Gasteiger partial charge in [0.15, 0.2) is 6.23 Å². The van der Waals surface area contributed by atoms with Crippen LogP contribution in [0.25, 0.3) is 0 Å². The standard InChI is InChI=1S/C28H44N2O4/c1-5-6-7-8-9-10-14-17-24(31)33-22-30-25(27(2,3)4)34-26(32)28(30)18-19-29(21-28)20-23-15-12-11-13-16-23/h11-13,15-16,25H,5-10,14,17-22H2,1-4H3/t25-,28-/m0/s1. The first-order valence-electron chi connectivity index (χ1n) is 13.2. The van der Waals surface area contributed by atoms with Gasteiger partial charge in [0.05, 0.1) is 0 Å². The summed E-state index contributed by atoms with van der Waals surface area (Å²) >= 11 is 0. The zero-order chi connectivity index (χ0) is 24.6. The van der Waals surface area contributed by atoms with E-state index in [0.717, 1.165) is 25.9 Å². The number of hydrogen-bond donors (Lipinski definition) is 0. The third kappa shape index (κ3) is 6.82. The van der Waals surface area contributed by atoms with Crippen molar-refractivity contribution in [1.82, 2.24) is 9.80 Å². The minimum Gasteiger partial charge on any atom is -0.449 e. The largest absolute Gasteiger partial charge is 0.449 e. The van der Waals surface area contributed by atoms with E-state index in [9.17, 15) is 9.59 Å². The topological polar surface area (TPSA) is 59.1 Å². The number of carbonyl (C=O) groups is 2. The summed E-state index contributed by atoms with van der Waals surface area (Å²) in [7, 11) is 0. The molecule has 0 saturated carbocycles. The quantitative estimate of drug-likeness (QED) is 0.296. The summed E-state index contributed by atoms with van der Waals surface area (Å²) in [4.78, 5) is 30.0. The predicted molar refractivity (Wildman–Crippen MR) is 134 cm³/mol. The first-order valence-corrected chi connectivity index (χ1v) is 13.2. The zero-order valence-electron chi connectivity index (χ0n) is 21.7. The lowest BCUT2D eigenvalue weighted by atomic mass is 9.90. The fourth-order valence-electron chi connectivity index (χ4n) is 5.14. The van der Waals surface area contributed by atoms with E-state index in [4.69, 9.17) is 9.47 Å². The highest BCUT2D eigenvalue weighted by Crippen LogP contribution is 2.42. The van der Waals surface area contributed by atoms with Crippen LogP contribution in [0.4, 0.5) is 0 Å². The van der Waals surface area contributed by atoms with Crippen molar-refractivity contribution >= 4 is 11.9 Å². The molecule has 0 aromatic heterocycles. The van der Waals surface area contributed by atoms with Crippen LogP contribution in [0.2, 0.25) is 0 Å². The molecular weight excluding hydrogens is 428 g/mol. The lowest BCUT2D eigenvalue weighted by molar-refractivity contribution is -0.159. The number of unbranched alkanes of at least 4 members (excludes halogenated alkanes) is 6. The summed E-state index contributed by atoms with van der Waals surface area (Å²) < 4.78 is 11.6. The summed E-state index contributed by atoms with van der Waals surface area (Å²) in [5, 5.41) is 0. The fraction of sp³-hybridized carbons (Fsp3) is 0.714. The first kappa shape index (κ1) is 26.7. The number of nitrogens with zero attached hydrogens (tertiary/aromatic N) is 2. The minimum absolute atomic E-state index is 0.0994. The molecule has 2 saturated heterocycles. The summed E-state index contributed by atoms with van der Waals surface area (Å²) in [5.74, 6) is -0.374. The van der Waals surface area contributed by atoms with E-state index >= 15 is 0 Å². The van der Waals surface area contributed by atoms with Crippen LogP contribution < -0.4 is 0 Å². The van der Waals surface area contributed by atoms with Gasteiger partial charge in [0.25, 0.3) is 0 Å². The number of carbonyl (C=O) groups excluding carboxylic acids is 2. The molecule has 2 fully saturated rings. The molecule has 0 radical (unpaired) electrons. The number of likely N-dealkylation sites (tertiary alicyclic amines) is 1. The molecule has 2 atom stereocenters. The van der Waals surface area contributed by atoms with Crippen LogP contribution in [0, 0.1) is 5.41 Å². The summed E-state index contributed by atoms with van der Waals surface area (Å²) in [6, 6.07) is 10.3. The number of benzene rings is 1. The lowest BCUT2D eigenvalue weighted by Crippen LogP contribution is -2.55. The first-order chi connectivity index (χ1) is 16.3. The second-order valence-electron chi connectivity index (χ2n) is 11.1. The van der Waals surface area contributed by atoms with Crippen molar-refractivity contribution in [2.45, 2.75) is 104 Å². The van der Waals surface area contributed by atoms with Gasteiger partial charge in [-0.15, -0.1) is 0 Å². The monoisotopic (exact) mass is 472 g/mol. The van der Waals surface area contributed by atoms with Crippen molar-refractivity contribution in [3.63, 3.8) is 0 Å². The second-order valence-corrected chi connectivity index (χ2v) is 11.1. The molecule has 2 aliphatic heterocycles. The number of cyclic esters (lactones) is 1. The molecule has 34 heavy (non-hydrogen) atoms. The summed E-state index contributed by atoms with van der Waals surface area (Å²) in [6.45, 7) is 10.7. The summed E-state index contributed by atoms with van der Waals surface area (Å²) in [5.41, 5.74) is 0.189. The van der Waals surface area contributed by atoms with Crippen molar-refractivity contribution in [1.29, 1.82) is 0 Å². The molecule has 3 rings (SSSR count). The van der Waals surface area contributed by atoms with E-state index in [2.05, 4.69) is 44.7 Å². The Bertz CT molecular complexity index is 791. The van der Waals surface area contributed by atoms with E-state index in [1.54, 1.807) is 0 Å². The van der Waals surface area contributed by atoms with Gasteiger partial charge in [0.1, 0.15) is 12.3 Å². The SMILES string of the molecule is CCCCCCCCCC(=O)OCN1[C@H](C(C)(C)C)OC(=O)[C@@]12CCN(Cc1ccccc1)C2. The van der Waals surface area contributed by atoms with Crippen LogP contribution in [0.5, 0.6) is 0 Å². The van der Waals surface area contributed by atoms with Crippen LogP contribution in [0.3, 0.4) is 0 Å². The highest BCUT2D eigenvalue weighted by molar-refractivity contribution is 5.84. The van der Waals surface area contributed by atoms with Gasteiger partial charge in [-0.2, -0.15) is 0 Å². The molecule has 0 unspecified atom stereocenters. The molecule has 6 nitrogen and oxygen atoms in total. The zero-order valence-corrected chi connectivity index (χ0v) is 21.7. The van der Waals surface area contributed by atoms with Crippen molar-refractivity contribution in [3.05, 3.63) is 35.9 Å². The number of hydrogen-bond acceptors (Lipinski definition) is 6. The van der Waals surface area contributed by atoms with Crippen molar-refractivity contribution in [2.75, 3.05) is 19.8 Å². The highest BCUT2D eigenvalue weighted by atomic mass is 16.6. The molecule has 1 aromatic carbocycles. The Morgan fingerprint density at radius 2 is 1.76 bits per heavy atom. The third-order valence-corrected chi connectivity index (χ3v) is 7.10. The smallest absolute Gasteiger partial charge is 0.329 e. The molecular formula is C28H44N2O4. The molecule has 1 spiro atoms. The van der Waals surface area contributed by atoms with E-state index in [1.165, 1.54) is 37.7 Å². The molecule has 190 valence electrons. The minimum atomic E-state index is -0.758. The van der Waals surface area contributed by atoms with E-state index in [0.29, 0.717) is 19.4 Å². The average Bonchev–Trinajstić information content (AvgIpc) is 3.34. The Morgan fingerprint density at radius 1 is 1.09 bits per heavy atom. The average molecular weight is 473 g/mol. The van der Waals surface area contributed by atoms with Crippen LogP contribution in [0.15, 0.2) is 30.3 Å². The van der Waals surface area contributed by atoms with Gasteiger partial charge >= 0.3 is 11.9 Å².